The molecule has 10 heteroatoms. The minimum absolute atomic E-state index is 0.221. The van der Waals surface area contributed by atoms with E-state index in [2.05, 4.69) is 40.8 Å². The molecular weight excluding hydrogens is 272 g/mol. The number of nitrogens with one attached hydrogen (secondary N) is 2. The molecule has 0 atom stereocenters. The van der Waals surface area contributed by atoms with Crippen molar-refractivity contribution in [3.8, 4) is 5.95 Å². The summed E-state index contributed by atoms with van der Waals surface area (Å²) in [5.74, 6) is 6.24. The molecule has 0 aromatic carbocycles. The number of anilines is 2. The smallest absolute Gasteiger partial charge is 0.258 e. The third-order valence-electron chi connectivity index (χ3n) is 2.53. The molecule has 0 aliphatic rings. The van der Waals surface area contributed by atoms with E-state index in [4.69, 9.17) is 5.84 Å². The van der Waals surface area contributed by atoms with E-state index in [9.17, 15) is 0 Å². The molecule has 0 amide bonds. The van der Waals surface area contributed by atoms with Gasteiger partial charge in [-0.25, -0.2) is 10.8 Å². The van der Waals surface area contributed by atoms with Gasteiger partial charge in [-0.3, -0.25) is 10.4 Å². The van der Waals surface area contributed by atoms with Crippen LogP contribution in [0.3, 0.4) is 0 Å². The van der Waals surface area contributed by atoms with Crippen molar-refractivity contribution in [3.63, 3.8) is 0 Å². The lowest BCUT2D eigenvalue weighted by molar-refractivity contribution is 0.793. The summed E-state index contributed by atoms with van der Waals surface area (Å²) in [5.41, 5.74) is 3.25. The van der Waals surface area contributed by atoms with Crippen LogP contribution in [0.25, 0.3) is 5.95 Å². The fourth-order valence-electron chi connectivity index (χ4n) is 1.59. The number of hydrazine groups is 1. The molecule has 0 radical (unpaired) electrons. The molecule has 3 aromatic heterocycles. The van der Waals surface area contributed by atoms with Crippen molar-refractivity contribution < 1.29 is 0 Å². The number of nitrogens with zero attached hydrogens (tertiary/aromatic N) is 7. The molecule has 21 heavy (non-hydrogen) atoms. The van der Waals surface area contributed by atoms with E-state index < -0.39 is 0 Å². The van der Waals surface area contributed by atoms with Gasteiger partial charge in [0.15, 0.2) is 0 Å². The number of hydrogen-bond donors (Lipinski definition) is 3. The highest BCUT2D eigenvalue weighted by Crippen LogP contribution is 2.08. The second-order valence-electron chi connectivity index (χ2n) is 3.94. The third kappa shape index (κ3) is 3.06. The van der Waals surface area contributed by atoms with Gasteiger partial charge in [0, 0.05) is 6.20 Å². The van der Waals surface area contributed by atoms with Crippen LogP contribution in [-0.4, -0.2) is 34.7 Å². The molecule has 4 N–H and O–H groups in total. The highest BCUT2D eigenvalue weighted by molar-refractivity contribution is 5.37. The first-order chi connectivity index (χ1) is 10.3. The second-order valence-corrected chi connectivity index (χ2v) is 3.94. The van der Waals surface area contributed by atoms with Crippen LogP contribution >= 0.6 is 0 Å². The van der Waals surface area contributed by atoms with Crippen LogP contribution in [0.2, 0.25) is 0 Å². The molecule has 3 rings (SSSR count). The molecule has 0 bridgehead atoms. The first kappa shape index (κ1) is 12.9. The van der Waals surface area contributed by atoms with Crippen LogP contribution in [0.15, 0.2) is 37.1 Å². The highest BCUT2D eigenvalue weighted by Gasteiger charge is 2.08. The van der Waals surface area contributed by atoms with E-state index in [0.29, 0.717) is 18.4 Å². The van der Waals surface area contributed by atoms with Gasteiger partial charge in [-0.15, -0.1) is 0 Å². The maximum atomic E-state index is 5.36. The van der Waals surface area contributed by atoms with Gasteiger partial charge in [-0.05, 0) is 12.1 Å². The molecule has 0 saturated carbocycles. The van der Waals surface area contributed by atoms with Crippen LogP contribution < -0.4 is 16.6 Å². The molecule has 0 unspecified atom stereocenters. The summed E-state index contributed by atoms with van der Waals surface area (Å²) >= 11 is 0. The summed E-state index contributed by atoms with van der Waals surface area (Å²) < 4.78 is 1.41. The zero-order chi connectivity index (χ0) is 14.5. The summed E-state index contributed by atoms with van der Waals surface area (Å²) in [6.45, 7) is 0.478. The number of rotatable bonds is 5. The molecule has 0 aliphatic carbocycles. The number of nitrogen functional groups attached to an aromatic ring is 1. The van der Waals surface area contributed by atoms with Gasteiger partial charge in [0.25, 0.3) is 5.95 Å². The van der Waals surface area contributed by atoms with Crippen LogP contribution in [0.4, 0.5) is 11.9 Å². The molecule has 3 heterocycles. The van der Waals surface area contributed by atoms with Gasteiger partial charge in [0.1, 0.15) is 12.7 Å². The average molecular weight is 284 g/mol. The third-order valence-corrected chi connectivity index (χ3v) is 2.53. The Balaban J connectivity index is 1.83. The molecule has 3 aromatic rings. The van der Waals surface area contributed by atoms with Crippen LogP contribution in [0, 0.1) is 0 Å². The Hall–Kier alpha value is -3.14. The van der Waals surface area contributed by atoms with Gasteiger partial charge in [-0.1, -0.05) is 6.07 Å². The molecular formula is C11H12N10. The average Bonchev–Trinajstić information content (AvgIpc) is 3.08. The highest BCUT2D eigenvalue weighted by atomic mass is 15.4. The number of nitrogens with two attached hydrogens (primary N) is 1. The first-order valence-corrected chi connectivity index (χ1v) is 6.06. The lowest BCUT2D eigenvalue weighted by Gasteiger charge is -2.07. The predicted octanol–water partition coefficient (Wildman–Crippen LogP) is -0.255. The maximum absolute atomic E-state index is 5.36. The zero-order valence-electron chi connectivity index (χ0n) is 10.9. The second kappa shape index (κ2) is 5.88. The standard InChI is InChI=1S/C11H12N10/c12-20-10-17-9(15-5-8-3-1-2-4-14-8)18-11(19-10)21-7-13-6-16-21/h1-4,6-7H,5,12H2,(H2,15,17,18,19,20). The number of hydrogen-bond acceptors (Lipinski definition) is 9. The van der Waals surface area contributed by atoms with Crippen LogP contribution in [0.1, 0.15) is 5.69 Å². The molecule has 106 valence electrons. The van der Waals surface area contributed by atoms with E-state index in [1.807, 2.05) is 18.2 Å². The fourth-order valence-corrected chi connectivity index (χ4v) is 1.59. The van der Waals surface area contributed by atoms with Crippen molar-refractivity contribution in [1.29, 1.82) is 0 Å². The monoisotopic (exact) mass is 284 g/mol. The van der Waals surface area contributed by atoms with Crippen molar-refractivity contribution >= 4 is 11.9 Å². The topological polar surface area (TPSA) is 132 Å². The molecule has 0 saturated heterocycles. The number of aromatic nitrogens is 7. The van der Waals surface area contributed by atoms with Crippen molar-refractivity contribution in [3.05, 3.63) is 42.7 Å². The largest absolute Gasteiger partial charge is 0.348 e. The van der Waals surface area contributed by atoms with Crippen molar-refractivity contribution in [2.45, 2.75) is 6.54 Å². The van der Waals surface area contributed by atoms with Crippen molar-refractivity contribution in [1.82, 2.24) is 34.7 Å². The van der Waals surface area contributed by atoms with Crippen molar-refractivity contribution in [2.75, 3.05) is 10.7 Å². The summed E-state index contributed by atoms with van der Waals surface area (Å²) in [4.78, 5) is 20.5. The molecule has 0 aliphatic heterocycles. The zero-order valence-corrected chi connectivity index (χ0v) is 10.9. The van der Waals surface area contributed by atoms with E-state index >= 15 is 0 Å². The van der Waals surface area contributed by atoms with Crippen LogP contribution in [-0.2, 0) is 6.54 Å². The maximum Gasteiger partial charge on any atom is 0.258 e. The SMILES string of the molecule is NNc1nc(NCc2ccccn2)nc(-n2cncn2)n1. The summed E-state index contributed by atoms with van der Waals surface area (Å²) in [6.07, 6.45) is 4.59. The minimum atomic E-state index is 0.221. The quantitative estimate of drug-likeness (QED) is 0.428. The van der Waals surface area contributed by atoms with Crippen LogP contribution in [0.5, 0.6) is 0 Å². The predicted molar refractivity (Wildman–Crippen MR) is 74.1 cm³/mol. The minimum Gasteiger partial charge on any atom is -0.348 e. The first-order valence-electron chi connectivity index (χ1n) is 6.06. The lowest BCUT2D eigenvalue weighted by atomic mass is 10.3. The Morgan fingerprint density at radius 1 is 1.14 bits per heavy atom. The Labute approximate surface area is 119 Å². The molecule has 0 fully saturated rings. The molecule has 10 nitrogen and oxygen atoms in total. The van der Waals surface area contributed by atoms with E-state index in [1.54, 1.807) is 6.20 Å². The summed E-state index contributed by atoms with van der Waals surface area (Å²) in [6, 6.07) is 5.66. The normalized spacial score (nSPS) is 10.3. The van der Waals surface area contributed by atoms with E-state index in [-0.39, 0.29) is 5.95 Å². The Kier molecular flexibility index (Phi) is 3.60. The Morgan fingerprint density at radius 2 is 2.05 bits per heavy atom. The summed E-state index contributed by atoms with van der Waals surface area (Å²) in [5, 5.41) is 7.02. The Morgan fingerprint density at radius 3 is 2.76 bits per heavy atom. The van der Waals surface area contributed by atoms with Crippen molar-refractivity contribution in [2.24, 2.45) is 5.84 Å². The van der Waals surface area contributed by atoms with Gasteiger partial charge in [-0.2, -0.15) is 24.7 Å². The van der Waals surface area contributed by atoms with Gasteiger partial charge in [0.05, 0.1) is 12.2 Å². The number of pyridine rings is 1. The summed E-state index contributed by atoms with van der Waals surface area (Å²) in [7, 11) is 0. The molecule has 0 spiro atoms. The van der Waals surface area contributed by atoms with Gasteiger partial charge in [0.2, 0.25) is 11.9 Å². The van der Waals surface area contributed by atoms with E-state index in [0.717, 1.165) is 5.69 Å². The fraction of sp³-hybridized carbons (Fsp3) is 0.0909. The van der Waals surface area contributed by atoms with Gasteiger partial charge >= 0.3 is 0 Å². The van der Waals surface area contributed by atoms with Gasteiger partial charge < -0.3 is 5.32 Å². The Bertz CT molecular complexity index is 696. The lowest BCUT2D eigenvalue weighted by Crippen LogP contribution is -2.16. The van der Waals surface area contributed by atoms with E-state index in [1.165, 1.54) is 17.3 Å².